The van der Waals surface area contributed by atoms with E-state index in [1.165, 1.54) is 32.4 Å². The molecule has 0 unspecified atom stereocenters. The SMILES string of the molecule is CO/N=C/[C@H](OC(=O)c1ccc2ccccc2c1)[C@@H](OC(=O)c1ccc2ccccc2c1)[C@@H](O)COC(=O)c1ccc2ccccc2c1.CO/N=C/[C@H](OC(=O)c1ccc2ccccc2c1)[C@@H](OC(=O)c1ccc2ccccc2c1)[C@H](COC(=O)c1ccc2ccccc2c1)OS(=O)(=O)c1cc(Cl)c(Cl)cc1Cl. The molecule has 1 N–H and O–H groups in total. The zero-order chi connectivity index (χ0) is 75.8. The van der Waals surface area contributed by atoms with Gasteiger partial charge in [0.25, 0.3) is 10.1 Å². The second-order valence-electron chi connectivity index (χ2n) is 24.3. The van der Waals surface area contributed by atoms with Crippen molar-refractivity contribution in [2.75, 3.05) is 27.4 Å². The lowest BCUT2D eigenvalue weighted by Gasteiger charge is -2.30. The number of carbonyl (C=O) groups is 6. The Kier molecular flexibility index (Phi) is 24.4. The van der Waals surface area contributed by atoms with Crippen molar-refractivity contribution < 1.29 is 84.6 Å². The molecule has 0 saturated heterocycles. The standard InChI is InChI=1S/C45H32Cl3NO10S.C39H31NO8/c1-55-49-25-39(57-44(51)34-18-15-28-9-3-6-12-31(28)21-34)42(58-45(52)35-19-16-29-10-4-7-13-32(29)22-35)40(59-60(53,54)41-24-37(47)36(46)23-38(41)48)26-56-43(50)33-17-14-27-8-2-5-11-30(27)20-33;1-45-40-23-35(47-38(43)32-18-15-26-9-3-6-12-29(26)21-32)36(48-39(44)33-19-16-27-10-4-7-13-30(27)22-33)34(41)24-46-37(42)31-17-14-25-8-2-5-11-28(25)20-31/h2-25,39-40,42H,26H2,1H3;2-23,34-36,41H,24H2,1H3/b49-25+;40-23+/t39-,40-,42+;34-,35-,36-/m00/s1. The zero-order valence-electron chi connectivity index (χ0n) is 57.3. The summed E-state index contributed by atoms with van der Waals surface area (Å²) in [6.45, 7) is -1.48. The number of rotatable bonds is 25. The number of benzene rings is 13. The second kappa shape index (κ2) is 34.9. The van der Waals surface area contributed by atoms with E-state index in [1.807, 2.05) is 109 Å². The van der Waals surface area contributed by atoms with Gasteiger partial charge in [-0.15, -0.1) is 0 Å². The minimum atomic E-state index is -4.98. The molecule has 13 aromatic rings. The fourth-order valence-electron chi connectivity index (χ4n) is 11.7. The summed E-state index contributed by atoms with van der Waals surface area (Å²) in [4.78, 5) is 90.8. The molecule has 0 radical (unpaired) electrons. The van der Waals surface area contributed by atoms with Crippen LogP contribution in [0.25, 0.3) is 64.6 Å². The summed E-state index contributed by atoms with van der Waals surface area (Å²) in [7, 11) is -2.48. The van der Waals surface area contributed by atoms with Crippen molar-refractivity contribution in [3.8, 4) is 0 Å². The number of aliphatic hydroxyl groups excluding tert-OH is 1. The lowest BCUT2D eigenvalue weighted by Crippen LogP contribution is -2.48. The number of halogens is 3. The maximum atomic E-state index is 14.1. The number of ether oxygens (including phenoxy) is 6. The van der Waals surface area contributed by atoms with E-state index in [0.29, 0.717) is 5.39 Å². The predicted octanol–water partition coefficient (Wildman–Crippen LogP) is 16.9. The number of hydrogen-bond donors (Lipinski definition) is 1. The smallest absolute Gasteiger partial charge is 0.338 e. The highest BCUT2D eigenvalue weighted by Gasteiger charge is 2.42. The number of aliphatic hydroxyl groups is 1. The molecular formula is C84H63Cl3N2O18S. The van der Waals surface area contributed by atoms with E-state index < -0.39 is 101 Å². The number of hydrogen-bond acceptors (Lipinski definition) is 20. The Balaban J connectivity index is 0.000000207. The third-order valence-electron chi connectivity index (χ3n) is 17.2. The molecule has 0 fully saturated rings. The van der Waals surface area contributed by atoms with Gasteiger partial charge in [-0.05, 0) is 150 Å². The molecule has 20 nitrogen and oxygen atoms in total. The number of nitrogens with zero attached hydrogens (tertiary/aromatic N) is 2. The van der Waals surface area contributed by atoms with Gasteiger partial charge in [-0.1, -0.05) is 227 Å². The lowest BCUT2D eigenvalue weighted by atomic mass is 10.1. The molecular weight excluding hydrogens is 1460 g/mol. The lowest BCUT2D eigenvalue weighted by molar-refractivity contribution is -0.0784. The molecule has 6 atom stereocenters. The average molecular weight is 1530 g/mol. The Morgan fingerprint density at radius 2 is 0.630 bits per heavy atom. The monoisotopic (exact) mass is 1520 g/mol. The minimum Gasteiger partial charge on any atom is -0.459 e. The summed E-state index contributed by atoms with van der Waals surface area (Å²) >= 11 is 18.7. The molecule has 13 aromatic carbocycles. The first kappa shape index (κ1) is 75.6. The number of carbonyl (C=O) groups excluding carboxylic acids is 6. The quantitative estimate of drug-likeness (QED) is 0.0139. The Bertz CT molecular complexity index is 5740. The van der Waals surface area contributed by atoms with Crippen LogP contribution in [0, 0.1) is 0 Å². The fraction of sp³-hybridized carbons (Fsp3) is 0.119. The van der Waals surface area contributed by atoms with Gasteiger partial charge in [0.2, 0.25) is 0 Å². The fourth-order valence-corrected chi connectivity index (χ4v) is 13.7. The van der Waals surface area contributed by atoms with Gasteiger partial charge in [0.1, 0.15) is 38.4 Å². The van der Waals surface area contributed by atoms with E-state index in [0.717, 1.165) is 83.8 Å². The van der Waals surface area contributed by atoms with Crippen molar-refractivity contribution in [1.82, 2.24) is 0 Å². The van der Waals surface area contributed by atoms with Crippen molar-refractivity contribution in [1.29, 1.82) is 0 Å². The molecule has 0 aliphatic heterocycles. The number of fused-ring (bicyclic) bond motifs is 6. The van der Waals surface area contributed by atoms with Gasteiger partial charge in [0.15, 0.2) is 30.5 Å². The normalized spacial score (nSPS) is 13.2. The predicted molar refractivity (Wildman–Crippen MR) is 412 cm³/mol. The molecule has 0 spiro atoms. The van der Waals surface area contributed by atoms with Crippen LogP contribution in [0.15, 0.2) is 282 Å². The topological polar surface area (TPSA) is 265 Å². The highest BCUT2D eigenvalue weighted by Crippen LogP contribution is 2.35. The Morgan fingerprint density at radius 3 is 0.963 bits per heavy atom. The average Bonchev–Trinajstić information content (AvgIpc) is 0.807. The van der Waals surface area contributed by atoms with Crippen LogP contribution in [0.3, 0.4) is 0 Å². The van der Waals surface area contributed by atoms with E-state index in [-0.39, 0.29) is 48.4 Å². The second-order valence-corrected chi connectivity index (χ2v) is 27.0. The highest BCUT2D eigenvalue weighted by atomic mass is 35.5. The molecule has 0 saturated carbocycles. The van der Waals surface area contributed by atoms with E-state index in [4.69, 9.17) is 77.1 Å². The van der Waals surface area contributed by atoms with E-state index in [9.17, 15) is 42.3 Å². The molecule has 0 heterocycles. The Morgan fingerprint density at radius 1 is 0.352 bits per heavy atom. The molecule has 0 bridgehead atoms. The zero-order valence-corrected chi connectivity index (χ0v) is 60.3. The molecule has 0 aromatic heterocycles. The van der Waals surface area contributed by atoms with Crippen LogP contribution < -0.4 is 0 Å². The van der Waals surface area contributed by atoms with Gasteiger partial charge in [-0.25, -0.2) is 28.8 Å². The molecule has 108 heavy (non-hydrogen) atoms. The Labute approximate surface area is 633 Å². The minimum absolute atomic E-state index is 0.0416. The van der Waals surface area contributed by atoms with Crippen LogP contribution in [0.5, 0.6) is 0 Å². The van der Waals surface area contributed by atoms with Crippen molar-refractivity contribution in [3.63, 3.8) is 0 Å². The molecule has 544 valence electrons. The van der Waals surface area contributed by atoms with Crippen LogP contribution in [0.4, 0.5) is 0 Å². The van der Waals surface area contributed by atoms with E-state index in [1.54, 1.807) is 127 Å². The molecule has 24 heteroatoms. The summed E-state index contributed by atoms with van der Waals surface area (Å²) in [5, 5.41) is 28.3. The molecule has 0 aliphatic carbocycles. The van der Waals surface area contributed by atoms with Gasteiger partial charge >= 0.3 is 35.8 Å². The van der Waals surface area contributed by atoms with Crippen molar-refractivity contribution in [3.05, 3.63) is 315 Å². The van der Waals surface area contributed by atoms with Gasteiger partial charge < -0.3 is 43.2 Å². The van der Waals surface area contributed by atoms with Gasteiger partial charge in [0, 0.05) is 0 Å². The highest BCUT2D eigenvalue weighted by molar-refractivity contribution is 7.87. The van der Waals surface area contributed by atoms with Crippen LogP contribution in [-0.2, 0) is 52.4 Å². The number of oxime groups is 2. The first-order valence-corrected chi connectivity index (χ1v) is 35.8. The van der Waals surface area contributed by atoms with Crippen LogP contribution in [0.1, 0.15) is 62.1 Å². The van der Waals surface area contributed by atoms with Crippen LogP contribution in [-0.4, -0.2) is 126 Å². The first-order valence-electron chi connectivity index (χ1n) is 33.3. The van der Waals surface area contributed by atoms with Crippen molar-refractivity contribution in [2.24, 2.45) is 10.3 Å². The largest absolute Gasteiger partial charge is 0.459 e. The third-order valence-corrected chi connectivity index (χ3v) is 19.7. The summed E-state index contributed by atoms with van der Waals surface area (Å²) in [5.41, 5.74) is 0.950. The molecule has 13 rings (SSSR count). The van der Waals surface area contributed by atoms with E-state index >= 15 is 0 Å². The van der Waals surface area contributed by atoms with Gasteiger partial charge in [-0.3, -0.25) is 4.18 Å². The first-order chi connectivity index (χ1) is 52.3. The molecule has 0 amide bonds. The molecule has 0 aliphatic rings. The van der Waals surface area contributed by atoms with Gasteiger partial charge in [-0.2, -0.15) is 8.42 Å². The summed E-state index contributed by atoms with van der Waals surface area (Å²) in [5.74, 6) is -5.04. The summed E-state index contributed by atoms with van der Waals surface area (Å²) in [6, 6.07) is 76.1. The third kappa shape index (κ3) is 18.6. The number of esters is 6. The van der Waals surface area contributed by atoms with Crippen LogP contribution >= 0.6 is 34.8 Å². The Hall–Kier alpha value is -12.1. The van der Waals surface area contributed by atoms with Crippen LogP contribution in [0.2, 0.25) is 15.1 Å². The van der Waals surface area contributed by atoms with Gasteiger partial charge in [0.05, 0.1) is 60.9 Å². The van der Waals surface area contributed by atoms with E-state index in [2.05, 4.69) is 10.3 Å². The maximum Gasteiger partial charge on any atom is 0.338 e. The maximum absolute atomic E-state index is 14.1. The summed E-state index contributed by atoms with van der Waals surface area (Å²) in [6.07, 6.45) is -8.16. The summed E-state index contributed by atoms with van der Waals surface area (Å²) < 4.78 is 68.8. The van der Waals surface area contributed by atoms with Crippen molar-refractivity contribution in [2.45, 2.75) is 41.5 Å². The van der Waals surface area contributed by atoms with Crippen molar-refractivity contribution >= 4 is 158 Å².